The van der Waals surface area contributed by atoms with Crippen LogP contribution in [0.5, 0.6) is 5.75 Å². The Morgan fingerprint density at radius 2 is 1.81 bits per heavy atom. The summed E-state index contributed by atoms with van der Waals surface area (Å²) in [6.07, 6.45) is 0.582. The van der Waals surface area contributed by atoms with E-state index in [1.54, 1.807) is 13.2 Å². The number of aliphatic hydroxyl groups is 1. The highest BCUT2D eigenvalue weighted by Crippen LogP contribution is 2.42. The number of ketones is 1. The topological polar surface area (TPSA) is 76.1 Å². The Labute approximate surface area is 183 Å². The summed E-state index contributed by atoms with van der Waals surface area (Å²) in [5, 5.41) is 11.3. The molecule has 0 aromatic heterocycles. The van der Waals surface area contributed by atoms with E-state index >= 15 is 0 Å². The molecular formula is C25H29NO5. The Morgan fingerprint density at radius 3 is 2.45 bits per heavy atom. The number of rotatable bonds is 7. The first kappa shape index (κ1) is 22.6. The first-order chi connectivity index (χ1) is 14.8. The van der Waals surface area contributed by atoms with Crippen molar-refractivity contribution in [3.05, 3.63) is 69.8 Å². The fourth-order valence-electron chi connectivity index (χ4n) is 4.22. The zero-order valence-corrected chi connectivity index (χ0v) is 18.7. The molecule has 1 fully saturated rings. The minimum Gasteiger partial charge on any atom is -0.507 e. The summed E-state index contributed by atoms with van der Waals surface area (Å²) < 4.78 is 10.6. The lowest BCUT2D eigenvalue weighted by atomic mass is 9.93. The summed E-state index contributed by atoms with van der Waals surface area (Å²) in [6, 6.07) is 10.7. The van der Waals surface area contributed by atoms with Crippen molar-refractivity contribution in [3.63, 3.8) is 0 Å². The van der Waals surface area contributed by atoms with Crippen LogP contribution in [0.4, 0.5) is 0 Å². The molecule has 164 valence electrons. The van der Waals surface area contributed by atoms with Gasteiger partial charge < -0.3 is 19.5 Å². The highest BCUT2D eigenvalue weighted by molar-refractivity contribution is 6.46. The van der Waals surface area contributed by atoms with E-state index in [9.17, 15) is 14.7 Å². The molecule has 1 atom stereocenters. The summed E-state index contributed by atoms with van der Waals surface area (Å²) >= 11 is 0. The average molecular weight is 424 g/mol. The van der Waals surface area contributed by atoms with Crippen molar-refractivity contribution in [1.29, 1.82) is 0 Å². The fourth-order valence-corrected chi connectivity index (χ4v) is 4.22. The van der Waals surface area contributed by atoms with Crippen molar-refractivity contribution < 1.29 is 24.2 Å². The molecule has 0 aliphatic carbocycles. The molecule has 0 saturated carbocycles. The number of hydrogen-bond acceptors (Lipinski definition) is 5. The van der Waals surface area contributed by atoms with Gasteiger partial charge in [-0.15, -0.1) is 0 Å². The van der Waals surface area contributed by atoms with E-state index in [0.29, 0.717) is 30.9 Å². The number of methoxy groups -OCH3 is 2. The molecule has 1 aliphatic rings. The molecule has 1 N–H and O–H groups in total. The summed E-state index contributed by atoms with van der Waals surface area (Å²) in [6.45, 7) is 6.55. The molecule has 1 aliphatic heterocycles. The summed E-state index contributed by atoms with van der Waals surface area (Å²) in [5.41, 5.74) is 4.03. The average Bonchev–Trinajstić information content (AvgIpc) is 2.98. The molecule has 0 radical (unpaired) electrons. The smallest absolute Gasteiger partial charge is 0.295 e. The van der Waals surface area contributed by atoms with Gasteiger partial charge in [0.1, 0.15) is 11.5 Å². The number of Topliss-reactive ketones (excluding diaryl/α,β-unsaturated/α-hetero) is 1. The van der Waals surface area contributed by atoms with Crippen molar-refractivity contribution in [3.8, 4) is 5.75 Å². The Morgan fingerprint density at radius 1 is 1.06 bits per heavy atom. The molecule has 0 bridgehead atoms. The lowest BCUT2D eigenvalue weighted by Gasteiger charge is -2.25. The van der Waals surface area contributed by atoms with E-state index in [1.165, 1.54) is 12.0 Å². The van der Waals surface area contributed by atoms with Crippen LogP contribution < -0.4 is 4.74 Å². The largest absolute Gasteiger partial charge is 0.507 e. The van der Waals surface area contributed by atoms with Crippen molar-refractivity contribution >= 4 is 17.4 Å². The quantitative estimate of drug-likeness (QED) is 0.314. The van der Waals surface area contributed by atoms with Crippen molar-refractivity contribution in [1.82, 2.24) is 4.90 Å². The number of aryl methyl sites for hydroxylation is 3. The minimum atomic E-state index is -0.692. The Kier molecular flexibility index (Phi) is 6.81. The number of nitrogens with zero attached hydrogens (tertiary/aromatic N) is 1. The molecule has 6 heteroatoms. The normalized spacial score (nSPS) is 18.0. The van der Waals surface area contributed by atoms with Gasteiger partial charge in [0, 0.05) is 20.3 Å². The van der Waals surface area contributed by atoms with Gasteiger partial charge in [-0.2, -0.15) is 0 Å². The van der Waals surface area contributed by atoms with Gasteiger partial charge in [-0.05, 0) is 49.9 Å². The standard InChI is InChI=1S/C25H29NO5/c1-15-8-6-9-18(13-15)21-20(23(28)25(29)26(21)10-7-11-30-4)22(27)19-14-16(2)12-17(3)24(19)31-5/h6,8-9,12-14,21,27H,7,10-11H2,1-5H3/b22-20+. The monoisotopic (exact) mass is 423 g/mol. The van der Waals surface area contributed by atoms with E-state index in [4.69, 9.17) is 9.47 Å². The van der Waals surface area contributed by atoms with Gasteiger partial charge in [-0.25, -0.2) is 0 Å². The number of carbonyl (C=O) groups excluding carboxylic acids is 2. The van der Waals surface area contributed by atoms with Crippen LogP contribution in [0, 0.1) is 20.8 Å². The lowest BCUT2D eigenvalue weighted by Crippen LogP contribution is -2.31. The number of amides is 1. The number of ether oxygens (including phenoxy) is 2. The van der Waals surface area contributed by atoms with Gasteiger partial charge in [0.25, 0.3) is 11.7 Å². The molecule has 1 unspecified atom stereocenters. The Bertz CT molecular complexity index is 1040. The van der Waals surface area contributed by atoms with Gasteiger partial charge in [0.15, 0.2) is 0 Å². The second kappa shape index (κ2) is 9.35. The van der Waals surface area contributed by atoms with Crippen LogP contribution in [0.1, 0.15) is 40.3 Å². The second-order valence-electron chi connectivity index (χ2n) is 7.92. The zero-order valence-electron chi connectivity index (χ0n) is 18.7. The number of likely N-dealkylation sites (tertiary alicyclic amines) is 1. The predicted octanol–water partition coefficient (Wildman–Crippen LogP) is 4.08. The van der Waals surface area contributed by atoms with Crippen molar-refractivity contribution in [2.24, 2.45) is 0 Å². The van der Waals surface area contributed by atoms with Gasteiger partial charge in [0.05, 0.1) is 24.3 Å². The van der Waals surface area contributed by atoms with E-state index in [0.717, 1.165) is 22.3 Å². The van der Waals surface area contributed by atoms with Gasteiger partial charge >= 0.3 is 0 Å². The molecular weight excluding hydrogens is 394 g/mol. The Hall–Kier alpha value is -3.12. The highest BCUT2D eigenvalue weighted by atomic mass is 16.5. The van der Waals surface area contributed by atoms with Crippen LogP contribution in [0.25, 0.3) is 5.76 Å². The third-order valence-electron chi connectivity index (χ3n) is 5.52. The second-order valence-corrected chi connectivity index (χ2v) is 7.92. The van der Waals surface area contributed by atoms with Crippen molar-refractivity contribution in [2.45, 2.75) is 33.2 Å². The van der Waals surface area contributed by atoms with Crippen LogP contribution in [-0.2, 0) is 14.3 Å². The maximum atomic E-state index is 13.1. The first-order valence-corrected chi connectivity index (χ1v) is 10.3. The van der Waals surface area contributed by atoms with Gasteiger partial charge in [0.2, 0.25) is 0 Å². The molecule has 1 saturated heterocycles. The molecule has 2 aromatic carbocycles. The minimum absolute atomic E-state index is 0.0799. The molecule has 3 rings (SSSR count). The molecule has 1 amide bonds. The zero-order chi connectivity index (χ0) is 22.7. The summed E-state index contributed by atoms with van der Waals surface area (Å²) in [7, 11) is 3.12. The maximum Gasteiger partial charge on any atom is 0.295 e. The van der Waals surface area contributed by atoms with E-state index < -0.39 is 17.7 Å². The van der Waals surface area contributed by atoms with Crippen LogP contribution >= 0.6 is 0 Å². The van der Waals surface area contributed by atoms with Crippen LogP contribution in [-0.4, -0.2) is 49.1 Å². The number of carbonyl (C=O) groups is 2. The SMILES string of the molecule is COCCCN1C(=O)C(=O)/C(=C(/O)c2cc(C)cc(C)c2OC)C1c1cccc(C)c1. The number of hydrogen-bond donors (Lipinski definition) is 1. The van der Waals surface area contributed by atoms with Crippen LogP contribution in [0.15, 0.2) is 42.0 Å². The van der Waals surface area contributed by atoms with Gasteiger partial charge in [-0.1, -0.05) is 35.9 Å². The molecule has 1 heterocycles. The third-order valence-corrected chi connectivity index (χ3v) is 5.52. The third kappa shape index (κ3) is 4.35. The number of aliphatic hydroxyl groups excluding tert-OH is 1. The summed E-state index contributed by atoms with van der Waals surface area (Å²) in [4.78, 5) is 27.6. The predicted molar refractivity (Wildman–Crippen MR) is 119 cm³/mol. The highest BCUT2D eigenvalue weighted by Gasteiger charge is 2.46. The molecule has 31 heavy (non-hydrogen) atoms. The molecule has 0 spiro atoms. The van der Waals surface area contributed by atoms with E-state index in [1.807, 2.05) is 51.1 Å². The molecule has 2 aromatic rings. The lowest BCUT2D eigenvalue weighted by molar-refractivity contribution is -0.140. The molecule has 6 nitrogen and oxygen atoms in total. The van der Waals surface area contributed by atoms with E-state index in [2.05, 4.69) is 0 Å². The van der Waals surface area contributed by atoms with Crippen LogP contribution in [0.2, 0.25) is 0 Å². The van der Waals surface area contributed by atoms with Crippen molar-refractivity contribution in [2.75, 3.05) is 27.4 Å². The fraction of sp³-hybridized carbons (Fsp3) is 0.360. The summed E-state index contributed by atoms with van der Waals surface area (Å²) in [5.74, 6) is -1.05. The maximum absolute atomic E-state index is 13.1. The van der Waals surface area contributed by atoms with Crippen LogP contribution in [0.3, 0.4) is 0 Å². The number of benzene rings is 2. The van der Waals surface area contributed by atoms with Gasteiger partial charge in [-0.3, -0.25) is 9.59 Å². The van der Waals surface area contributed by atoms with E-state index in [-0.39, 0.29) is 11.3 Å². The first-order valence-electron chi connectivity index (χ1n) is 10.3. The Balaban J connectivity index is 2.23.